The van der Waals surface area contributed by atoms with Crippen molar-refractivity contribution in [1.82, 2.24) is 19.1 Å². The first kappa shape index (κ1) is 16.1. The molecule has 0 bridgehead atoms. The summed E-state index contributed by atoms with van der Waals surface area (Å²) in [4.78, 5) is 31.2. The maximum atomic E-state index is 12.5. The molecule has 0 radical (unpaired) electrons. The van der Waals surface area contributed by atoms with Gasteiger partial charge in [0.15, 0.2) is 11.2 Å². The minimum absolute atomic E-state index is 0.370. The third kappa shape index (κ3) is 2.48. The van der Waals surface area contributed by atoms with E-state index in [2.05, 4.69) is 33.5 Å². The Bertz CT molecular complexity index is 1230. The highest BCUT2D eigenvalue weighted by Gasteiger charge is 2.17. The molecule has 4 aromatic rings. The van der Waals surface area contributed by atoms with Gasteiger partial charge in [0.2, 0.25) is 5.95 Å². The molecule has 0 aliphatic carbocycles. The Kier molecular flexibility index (Phi) is 3.84. The SMILES string of the molecule is CCNc1nc2c(c(=O)[nH]c(=O)n2C)n1Cc1cccc2ccccc12. The lowest BCUT2D eigenvalue weighted by atomic mass is 10.0. The molecule has 0 spiro atoms. The molecule has 26 heavy (non-hydrogen) atoms. The number of nitrogens with one attached hydrogen (secondary N) is 2. The fraction of sp³-hybridized carbons (Fsp3) is 0.211. The van der Waals surface area contributed by atoms with Crippen LogP contribution in [-0.4, -0.2) is 25.6 Å². The lowest BCUT2D eigenvalue weighted by Crippen LogP contribution is -2.29. The molecular weight excluding hydrogens is 330 g/mol. The molecule has 7 heteroatoms. The summed E-state index contributed by atoms with van der Waals surface area (Å²) in [6, 6.07) is 14.2. The van der Waals surface area contributed by atoms with Crippen LogP contribution in [0.15, 0.2) is 52.1 Å². The van der Waals surface area contributed by atoms with Crippen molar-refractivity contribution in [1.29, 1.82) is 0 Å². The van der Waals surface area contributed by atoms with Gasteiger partial charge >= 0.3 is 5.69 Å². The number of hydrogen-bond donors (Lipinski definition) is 2. The number of anilines is 1. The van der Waals surface area contributed by atoms with Gasteiger partial charge in [-0.25, -0.2) is 4.79 Å². The van der Waals surface area contributed by atoms with Crippen LogP contribution < -0.4 is 16.6 Å². The fourth-order valence-electron chi connectivity index (χ4n) is 3.28. The normalized spacial score (nSPS) is 11.3. The van der Waals surface area contributed by atoms with E-state index in [1.807, 2.05) is 35.8 Å². The average molecular weight is 349 g/mol. The standard InChI is InChI=1S/C19H19N5O2/c1-3-20-18-21-16-15(17(25)22-19(26)23(16)2)24(18)11-13-9-6-8-12-7-4-5-10-14(12)13/h4-10H,3,11H2,1-2H3,(H,20,21)(H,22,25,26). The van der Waals surface area contributed by atoms with Crippen LogP contribution in [0, 0.1) is 0 Å². The summed E-state index contributed by atoms with van der Waals surface area (Å²) in [6.07, 6.45) is 0. The molecule has 2 N–H and O–H groups in total. The van der Waals surface area contributed by atoms with Gasteiger partial charge in [-0.1, -0.05) is 42.5 Å². The molecule has 0 aliphatic heterocycles. The van der Waals surface area contributed by atoms with E-state index in [1.54, 1.807) is 7.05 Å². The Morgan fingerprint density at radius 1 is 1.12 bits per heavy atom. The van der Waals surface area contributed by atoms with Gasteiger partial charge in [0.25, 0.3) is 5.56 Å². The second kappa shape index (κ2) is 6.18. The Labute approximate surface area is 148 Å². The zero-order valence-corrected chi connectivity index (χ0v) is 14.6. The molecule has 7 nitrogen and oxygen atoms in total. The Balaban J connectivity index is 1.98. The average Bonchev–Trinajstić information content (AvgIpc) is 2.99. The van der Waals surface area contributed by atoms with Crippen molar-refractivity contribution in [3.63, 3.8) is 0 Å². The van der Waals surface area contributed by atoms with Crippen molar-refractivity contribution >= 4 is 27.9 Å². The maximum absolute atomic E-state index is 12.5. The molecule has 0 aliphatic rings. The summed E-state index contributed by atoms with van der Waals surface area (Å²) >= 11 is 0. The van der Waals surface area contributed by atoms with Gasteiger partial charge in [-0.05, 0) is 23.3 Å². The van der Waals surface area contributed by atoms with Crippen LogP contribution in [0.4, 0.5) is 5.95 Å². The lowest BCUT2D eigenvalue weighted by Gasteiger charge is -2.11. The van der Waals surface area contributed by atoms with E-state index in [0.29, 0.717) is 30.2 Å². The smallest absolute Gasteiger partial charge is 0.329 e. The number of rotatable bonds is 4. The van der Waals surface area contributed by atoms with Crippen LogP contribution >= 0.6 is 0 Å². The monoisotopic (exact) mass is 349 g/mol. The predicted octanol–water partition coefficient (Wildman–Crippen LogP) is 2.06. The number of fused-ring (bicyclic) bond motifs is 2. The van der Waals surface area contributed by atoms with E-state index in [1.165, 1.54) is 4.57 Å². The molecule has 2 heterocycles. The zero-order valence-electron chi connectivity index (χ0n) is 14.6. The Morgan fingerprint density at radius 3 is 2.69 bits per heavy atom. The second-order valence-corrected chi connectivity index (χ2v) is 6.18. The van der Waals surface area contributed by atoms with Gasteiger partial charge in [0, 0.05) is 13.6 Å². The maximum Gasteiger partial charge on any atom is 0.329 e. The number of hydrogen-bond acceptors (Lipinski definition) is 4. The molecular formula is C19H19N5O2. The molecule has 0 unspecified atom stereocenters. The fourth-order valence-corrected chi connectivity index (χ4v) is 3.28. The summed E-state index contributed by atoms with van der Waals surface area (Å²) in [5.41, 5.74) is 0.932. The number of nitrogens with zero attached hydrogens (tertiary/aromatic N) is 3. The van der Waals surface area contributed by atoms with Crippen molar-refractivity contribution in [2.45, 2.75) is 13.5 Å². The van der Waals surface area contributed by atoms with Gasteiger partial charge < -0.3 is 5.32 Å². The van der Waals surface area contributed by atoms with Crippen LogP contribution in [0.3, 0.4) is 0 Å². The van der Waals surface area contributed by atoms with Crippen LogP contribution in [0.2, 0.25) is 0 Å². The largest absolute Gasteiger partial charge is 0.356 e. The summed E-state index contributed by atoms with van der Waals surface area (Å²) < 4.78 is 3.19. The Hall–Kier alpha value is -3.35. The van der Waals surface area contributed by atoms with E-state index in [4.69, 9.17) is 0 Å². The van der Waals surface area contributed by atoms with Gasteiger partial charge in [-0.15, -0.1) is 0 Å². The summed E-state index contributed by atoms with van der Waals surface area (Å²) in [5, 5.41) is 5.46. The molecule has 0 atom stereocenters. The van der Waals surface area contributed by atoms with Crippen molar-refractivity contribution < 1.29 is 0 Å². The number of aryl methyl sites for hydroxylation is 1. The van der Waals surface area contributed by atoms with Crippen molar-refractivity contribution in [2.75, 3.05) is 11.9 Å². The van der Waals surface area contributed by atoms with Crippen molar-refractivity contribution in [3.8, 4) is 0 Å². The molecule has 2 aromatic carbocycles. The quantitative estimate of drug-likeness (QED) is 0.591. The van der Waals surface area contributed by atoms with Crippen LogP contribution in [0.1, 0.15) is 12.5 Å². The van der Waals surface area contributed by atoms with E-state index in [0.717, 1.165) is 16.3 Å². The number of H-pyrrole nitrogens is 1. The molecule has 0 saturated heterocycles. The van der Waals surface area contributed by atoms with Gasteiger partial charge in [0.1, 0.15) is 0 Å². The van der Waals surface area contributed by atoms with Crippen LogP contribution in [0.25, 0.3) is 21.9 Å². The van der Waals surface area contributed by atoms with E-state index >= 15 is 0 Å². The molecule has 0 amide bonds. The summed E-state index contributed by atoms with van der Waals surface area (Å²) in [5.74, 6) is 0.571. The lowest BCUT2D eigenvalue weighted by molar-refractivity contribution is 0.810. The number of benzene rings is 2. The minimum Gasteiger partial charge on any atom is -0.356 e. The molecule has 4 rings (SSSR count). The van der Waals surface area contributed by atoms with Gasteiger partial charge in [0.05, 0.1) is 6.54 Å². The summed E-state index contributed by atoms with van der Waals surface area (Å²) in [7, 11) is 1.60. The molecule has 2 aromatic heterocycles. The number of aromatic amines is 1. The summed E-state index contributed by atoms with van der Waals surface area (Å²) in [6.45, 7) is 3.09. The van der Waals surface area contributed by atoms with Crippen LogP contribution in [-0.2, 0) is 13.6 Å². The molecule has 0 saturated carbocycles. The first-order valence-corrected chi connectivity index (χ1v) is 8.50. The number of aromatic nitrogens is 4. The third-order valence-electron chi connectivity index (χ3n) is 4.55. The van der Waals surface area contributed by atoms with E-state index in [9.17, 15) is 9.59 Å². The third-order valence-corrected chi connectivity index (χ3v) is 4.55. The topological polar surface area (TPSA) is 84.7 Å². The predicted molar refractivity (Wildman–Crippen MR) is 103 cm³/mol. The second-order valence-electron chi connectivity index (χ2n) is 6.18. The van der Waals surface area contributed by atoms with Crippen molar-refractivity contribution in [3.05, 3.63) is 68.9 Å². The Morgan fingerprint density at radius 2 is 1.88 bits per heavy atom. The van der Waals surface area contributed by atoms with Crippen LogP contribution in [0.5, 0.6) is 0 Å². The van der Waals surface area contributed by atoms with E-state index < -0.39 is 11.2 Å². The highest BCUT2D eigenvalue weighted by Crippen LogP contribution is 2.23. The first-order chi connectivity index (χ1) is 12.6. The first-order valence-electron chi connectivity index (χ1n) is 8.50. The van der Waals surface area contributed by atoms with Gasteiger partial charge in [-0.3, -0.25) is 18.9 Å². The number of imidazole rings is 1. The highest BCUT2D eigenvalue weighted by molar-refractivity contribution is 5.86. The highest BCUT2D eigenvalue weighted by atomic mass is 16.2. The zero-order chi connectivity index (χ0) is 18.3. The van der Waals surface area contributed by atoms with Crippen molar-refractivity contribution in [2.24, 2.45) is 7.05 Å². The van der Waals surface area contributed by atoms with Gasteiger partial charge in [-0.2, -0.15) is 4.98 Å². The minimum atomic E-state index is -0.472. The molecule has 0 fully saturated rings. The van der Waals surface area contributed by atoms with E-state index in [-0.39, 0.29) is 0 Å². The molecule has 132 valence electrons.